The van der Waals surface area contributed by atoms with Gasteiger partial charge in [-0.1, -0.05) is 11.6 Å². The van der Waals surface area contributed by atoms with Crippen molar-refractivity contribution < 1.29 is 13.6 Å². The van der Waals surface area contributed by atoms with Crippen LogP contribution in [0.4, 0.5) is 14.5 Å². The summed E-state index contributed by atoms with van der Waals surface area (Å²) >= 11 is 6.05. The molecule has 1 fully saturated rings. The third-order valence-electron chi connectivity index (χ3n) is 4.19. The van der Waals surface area contributed by atoms with Gasteiger partial charge >= 0.3 is 0 Å². The van der Waals surface area contributed by atoms with Crippen molar-refractivity contribution in [2.75, 3.05) is 5.32 Å². The number of aromatic nitrogens is 4. The van der Waals surface area contributed by atoms with E-state index in [-0.39, 0.29) is 23.4 Å². The molecule has 1 amide bonds. The van der Waals surface area contributed by atoms with Crippen LogP contribution in [0.3, 0.4) is 0 Å². The van der Waals surface area contributed by atoms with Crippen molar-refractivity contribution in [1.82, 2.24) is 19.6 Å². The molecule has 2 heterocycles. The molecule has 24 heavy (non-hydrogen) atoms. The molecule has 1 aliphatic carbocycles. The second kappa shape index (κ2) is 6.16. The Balaban J connectivity index is 1.83. The lowest BCUT2D eigenvalue weighted by molar-refractivity contribution is -0.117. The Morgan fingerprint density at radius 1 is 1.38 bits per heavy atom. The van der Waals surface area contributed by atoms with Crippen LogP contribution >= 0.6 is 11.6 Å². The highest BCUT2D eigenvalue weighted by atomic mass is 35.5. The molecule has 2 aromatic rings. The average Bonchev–Trinajstić information content (AvgIpc) is 3.23. The second-order valence-corrected chi connectivity index (χ2v) is 6.41. The summed E-state index contributed by atoms with van der Waals surface area (Å²) in [5.41, 5.74) is 2.21. The SMILES string of the molecule is Cc1nn(C)c(C)c1NC(=O)Cn1nc(C(F)F)c(Cl)c1C1CC1. The van der Waals surface area contributed by atoms with Gasteiger partial charge in [0.15, 0.2) is 0 Å². The number of alkyl halides is 2. The third kappa shape index (κ3) is 3.02. The van der Waals surface area contributed by atoms with E-state index in [0.29, 0.717) is 17.1 Å². The lowest BCUT2D eigenvalue weighted by atomic mass is 10.2. The second-order valence-electron chi connectivity index (χ2n) is 6.03. The highest BCUT2D eigenvalue weighted by Gasteiger charge is 2.34. The molecular weight excluding hydrogens is 340 g/mol. The highest BCUT2D eigenvalue weighted by Crippen LogP contribution is 2.45. The fourth-order valence-corrected chi connectivity index (χ4v) is 3.12. The number of nitrogens with one attached hydrogen (secondary N) is 1. The first-order valence-electron chi connectivity index (χ1n) is 7.63. The van der Waals surface area contributed by atoms with E-state index in [9.17, 15) is 13.6 Å². The maximum absolute atomic E-state index is 13.0. The quantitative estimate of drug-likeness (QED) is 0.892. The van der Waals surface area contributed by atoms with Gasteiger partial charge in [0.25, 0.3) is 6.43 Å². The van der Waals surface area contributed by atoms with Gasteiger partial charge in [0.05, 0.1) is 27.8 Å². The van der Waals surface area contributed by atoms with Gasteiger partial charge in [-0.3, -0.25) is 14.2 Å². The van der Waals surface area contributed by atoms with Crippen LogP contribution in [-0.2, 0) is 18.4 Å². The van der Waals surface area contributed by atoms with Crippen molar-refractivity contribution in [3.8, 4) is 0 Å². The van der Waals surface area contributed by atoms with Crippen LogP contribution in [0.5, 0.6) is 0 Å². The molecule has 9 heteroatoms. The van der Waals surface area contributed by atoms with E-state index in [1.807, 2.05) is 6.92 Å². The molecule has 0 unspecified atom stereocenters. The van der Waals surface area contributed by atoms with Gasteiger partial charge in [-0.05, 0) is 26.7 Å². The zero-order valence-corrected chi connectivity index (χ0v) is 14.4. The van der Waals surface area contributed by atoms with E-state index in [0.717, 1.165) is 18.5 Å². The molecule has 1 saturated carbocycles. The van der Waals surface area contributed by atoms with Crippen molar-refractivity contribution in [3.63, 3.8) is 0 Å². The van der Waals surface area contributed by atoms with Gasteiger partial charge < -0.3 is 5.32 Å². The summed E-state index contributed by atoms with van der Waals surface area (Å²) < 4.78 is 29.0. The molecule has 3 rings (SSSR count). The largest absolute Gasteiger partial charge is 0.321 e. The van der Waals surface area contributed by atoms with Gasteiger partial charge in [-0.2, -0.15) is 10.2 Å². The normalized spacial score (nSPS) is 14.5. The Morgan fingerprint density at radius 2 is 2.04 bits per heavy atom. The fraction of sp³-hybridized carbons (Fsp3) is 0.533. The molecule has 0 radical (unpaired) electrons. The van der Waals surface area contributed by atoms with Crippen molar-refractivity contribution in [3.05, 3.63) is 27.8 Å². The van der Waals surface area contributed by atoms with Crippen molar-refractivity contribution in [2.24, 2.45) is 7.05 Å². The molecule has 0 spiro atoms. The molecule has 6 nitrogen and oxygen atoms in total. The molecular formula is C15H18ClF2N5O. The van der Waals surface area contributed by atoms with Crippen molar-refractivity contribution in [1.29, 1.82) is 0 Å². The summed E-state index contributed by atoms with van der Waals surface area (Å²) in [5.74, 6) is -0.247. The molecule has 2 aromatic heterocycles. The van der Waals surface area contributed by atoms with E-state index in [1.54, 1.807) is 18.7 Å². The van der Waals surface area contributed by atoms with Gasteiger partial charge in [0.1, 0.15) is 12.2 Å². The minimum atomic E-state index is -2.76. The maximum Gasteiger partial charge on any atom is 0.283 e. The standard InChI is InChI=1S/C15H18ClF2N5O/c1-7-12(8(2)22(3)20-7)19-10(24)6-23-14(9-4-5-9)11(16)13(21-23)15(17)18/h9,15H,4-6H2,1-3H3,(H,19,24). The number of hydrogen-bond donors (Lipinski definition) is 1. The summed E-state index contributed by atoms with van der Waals surface area (Å²) in [5, 5.41) is 10.8. The Labute approximate surface area is 142 Å². The Kier molecular flexibility index (Phi) is 4.33. The predicted molar refractivity (Wildman–Crippen MR) is 85.5 cm³/mol. The van der Waals surface area contributed by atoms with Crippen molar-refractivity contribution >= 4 is 23.2 Å². The first-order valence-corrected chi connectivity index (χ1v) is 8.01. The lowest BCUT2D eigenvalue weighted by Gasteiger charge is -2.08. The zero-order valence-electron chi connectivity index (χ0n) is 13.6. The molecule has 1 N–H and O–H groups in total. The molecule has 0 aliphatic heterocycles. The van der Waals surface area contributed by atoms with E-state index < -0.39 is 12.1 Å². The van der Waals surface area contributed by atoms with E-state index in [2.05, 4.69) is 15.5 Å². The van der Waals surface area contributed by atoms with Crippen LogP contribution in [-0.4, -0.2) is 25.5 Å². The van der Waals surface area contributed by atoms with E-state index in [1.165, 1.54) is 4.68 Å². The number of carbonyl (C=O) groups is 1. The number of halogens is 3. The number of anilines is 1. The maximum atomic E-state index is 13.0. The summed E-state index contributed by atoms with van der Waals surface area (Å²) in [6, 6.07) is 0. The Hall–Kier alpha value is -1.96. The summed E-state index contributed by atoms with van der Waals surface area (Å²) in [6.45, 7) is 3.47. The first-order chi connectivity index (χ1) is 11.3. The number of nitrogens with zero attached hydrogens (tertiary/aromatic N) is 4. The fourth-order valence-electron chi connectivity index (χ4n) is 2.75. The summed E-state index contributed by atoms with van der Waals surface area (Å²) in [6.07, 6.45) is -1.02. The summed E-state index contributed by atoms with van der Waals surface area (Å²) in [4.78, 5) is 12.3. The predicted octanol–water partition coefficient (Wildman–Crippen LogP) is 3.34. The highest BCUT2D eigenvalue weighted by molar-refractivity contribution is 6.32. The number of rotatable bonds is 5. The van der Waals surface area contributed by atoms with Crippen LogP contribution < -0.4 is 5.32 Å². The smallest absolute Gasteiger partial charge is 0.283 e. The Morgan fingerprint density at radius 3 is 2.54 bits per heavy atom. The average molecular weight is 358 g/mol. The Bertz CT molecular complexity index is 794. The van der Waals surface area contributed by atoms with Crippen LogP contribution in [0.25, 0.3) is 0 Å². The van der Waals surface area contributed by atoms with Crippen molar-refractivity contribution in [2.45, 2.75) is 45.6 Å². The van der Waals surface area contributed by atoms with E-state index >= 15 is 0 Å². The first kappa shape index (κ1) is 16.9. The van der Waals surface area contributed by atoms with Crippen LogP contribution in [0.15, 0.2) is 0 Å². The van der Waals surface area contributed by atoms with Gasteiger partial charge in [0, 0.05) is 13.0 Å². The van der Waals surface area contributed by atoms with Crippen LogP contribution in [0, 0.1) is 13.8 Å². The number of aryl methyl sites for hydroxylation is 2. The van der Waals surface area contributed by atoms with E-state index in [4.69, 9.17) is 11.6 Å². The molecule has 0 saturated heterocycles. The molecule has 130 valence electrons. The minimum Gasteiger partial charge on any atom is -0.321 e. The molecule has 1 aliphatic rings. The molecule has 0 aromatic carbocycles. The third-order valence-corrected chi connectivity index (χ3v) is 4.58. The van der Waals surface area contributed by atoms with Crippen LogP contribution in [0.1, 0.15) is 48.0 Å². The number of hydrogen-bond acceptors (Lipinski definition) is 3. The topological polar surface area (TPSA) is 64.7 Å². The van der Waals surface area contributed by atoms with Gasteiger partial charge in [0.2, 0.25) is 5.91 Å². The van der Waals surface area contributed by atoms with Gasteiger partial charge in [-0.25, -0.2) is 8.78 Å². The summed E-state index contributed by atoms with van der Waals surface area (Å²) in [7, 11) is 1.78. The minimum absolute atomic E-state index is 0.0194. The number of carbonyl (C=O) groups excluding carboxylic acids is 1. The lowest BCUT2D eigenvalue weighted by Crippen LogP contribution is -2.21. The molecule has 0 bridgehead atoms. The number of amides is 1. The molecule has 0 atom stereocenters. The van der Waals surface area contributed by atoms with Crippen LogP contribution in [0.2, 0.25) is 5.02 Å². The monoisotopic (exact) mass is 357 g/mol. The zero-order chi connectivity index (χ0) is 17.6. The van der Waals surface area contributed by atoms with Gasteiger partial charge in [-0.15, -0.1) is 0 Å².